The highest BCUT2D eigenvalue weighted by atomic mass is 35.5. The lowest BCUT2D eigenvalue weighted by atomic mass is 9.82. The largest absolute Gasteiger partial charge is 0.507 e. The average molecular weight is 369 g/mol. The number of phenolic OH excluding ortho intramolecular Hbond substituents is 1. The second-order valence-electron chi connectivity index (χ2n) is 5.75. The van der Waals surface area contributed by atoms with E-state index in [0.717, 1.165) is 0 Å². The van der Waals surface area contributed by atoms with Gasteiger partial charge in [-0.1, -0.05) is 53.5 Å². The van der Waals surface area contributed by atoms with Crippen LogP contribution in [0.1, 0.15) is 31.8 Å². The van der Waals surface area contributed by atoms with Crippen molar-refractivity contribution in [2.45, 2.75) is 0 Å². The molecule has 0 aliphatic heterocycles. The molecule has 3 aromatic rings. The molecule has 0 saturated heterocycles. The normalized spacial score (nSPS) is 12.7. The van der Waals surface area contributed by atoms with Gasteiger partial charge in [0, 0.05) is 32.3 Å². The fraction of sp³-hybridized carbons (Fsp3) is 0. The number of carbonyl (C=O) groups is 2. The van der Waals surface area contributed by atoms with Gasteiger partial charge in [0.15, 0.2) is 11.6 Å². The van der Waals surface area contributed by atoms with Gasteiger partial charge in [0.05, 0.1) is 5.56 Å². The smallest absolute Gasteiger partial charge is 0.198 e. The van der Waals surface area contributed by atoms with Crippen molar-refractivity contribution in [3.8, 4) is 16.9 Å². The Kier molecular flexibility index (Phi) is 3.64. The van der Waals surface area contributed by atoms with Crippen LogP contribution >= 0.6 is 23.2 Å². The van der Waals surface area contributed by atoms with Crippen molar-refractivity contribution in [3.05, 3.63) is 86.9 Å². The first-order valence-corrected chi connectivity index (χ1v) is 8.24. The van der Waals surface area contributed by atoms with Crippen molar-refractivity contribution < 1.29 is 14.7 Å². The summed E-state index contributed by atoms with van der Waals surface area (Å²) in [5.41, 5.74) is 1.98. The highest BCUT2D eigenvalue weighted by molar-refractivity contribution is 6.36. The quantitative estimate of drug-likeness (QED) is 0.505. The third-order valence-corrected chi connectivity index (χ3v) is 4.80. The zero-order chi connectivity index (χ0) is 17.7. The van der Waals surface area contributed by atoms with Crippen molar-refractivity contribution >= 4 is 34.8 Å². The molecule has 0 atom stereocenters. The number of aromatic hydroxyl groups is 1. The Hall–Kier alpha value is -2.62. The van der Waals surface area contributed by atoms with Crippen molar-refractivity contribution in [2.75, 3.05) is 0 Å². The minimum Gasteiger partial charge on any atom is -0.507 e. The van der Waals surface area contributed by atoms with Crippen LogP contribution in [0.3, 0.4) is 0 Å². The minimum atomic E-state index is -0.364. The topological polar surface area (TPSA) is 54.4 Å². The van der Waals surface area contributed by atoms with E-state index >= 15 is 0 Å². The fourth-order valence-electron chi connectivity index (χ4n) is 3.08. The number of ketones is 2. The molecule has 3 aromatic carbocycles. The number of phenols is 1. The molecule has 5 heteroatoms. The molecular weight excluding hydrogens is 359 g/mol. The standard InChI is InChI=1S/C20H10Cl2O3/c21-11-5-6-12(16(22)9-11)10-7-15-18(17(23)8-10)20(25)14-4-2-1-3-13(14)19(15)24/h1-9,23H. The van der Waals surface area contributed by atoms with E-state index < -0.39 is 0 Å². The number of fused-ring (bicyclic) bond motifs is 2. The molecule has 0 fully saturated rings. The first-order chi connectivity index (χ1) is 12.0. The molecule has 4 rings (SSSR count). The monoisotopic (exact) mass is 368 g/mol. The summed E-state index contributed by atoms with van der Waals surface area (Å²) in [6, 6.07) is 14.6. The minimum absolute atomic E-state index is 0.0255. The van der Waals surface area contributed by atoms with Crippen LogP contribution in [0.4, 0.5) is 0 Å². The number of hydrogen-bond donors (Lipinski definition) is 1. The molecule has 122 valence electrons. The van der Waals surface area contributed by atoms with Gasteiger partial charge in [-0.3, -0.25) is 9.59 Å². The second kappa shape index (κ2) is 5.73. The maximum absolute atomic E-state index is 12.8. The van der Waals surface area contributed by atoms with Crippen LogP contribution in [-0.2, 0) is 0 Å². The molecule has 0 aromatic heterocycles. The van der Waals surface area contributed by atoms with E-state index in [0.29, 0.717) is 32.3 Å². The Morgan fingerprint density at radius 3 is 2.08 bits per heavy atom. The second-order valence-corrected chi connectivity index (χ2v) is 6.59. The molecule has 3 nitrogen and oxygen atoms in total. The number of halogens is 2. The zero-order valence-corrected chi connectivity index (χ0v) is 14.2. The molecule has 0 bridgehead atoms. The summed E-state index contributed by atoms with van der Waals surface area (Å²) in [4.78, 5) is 25.5. The van der Waals surface area contributed by atoms with E-state index in [4.69, 9.17) is 23.2 Å². The van der Waals surface area contributed by atoms with Crippen LogP contribution < -0.4 is 0 Å². The molecule has 1 aliphatic rings. The van der Waals surface area contributed by atoms with Gasteiger partial charge in [-0.25, -0.2) is 0 Å². The number of rotatable bonds is 1. The summed E-state index contributed by atoms with van der Waals surface area (Å²) in [6.45, 7) is 0. The Morgan fingerprint density at radius 1 is 0.720 bits per heavy atom. The SMILES string of the molecule is O=C1c2ccccc2C(=O)c2c(O)cc(-c3ccc(Cl)cc3Cl)cc21. The van der Waals surface area contributed by atoms with Gasteiger partial charge in [-0.05, 0) is 29.8 Å². The lowest BCUT2D eigenvalue weighted by Crippen LogP contribution is -2.21. The molecule has 0 spiro atoms. The molecule has 0 saturated carbocycles. The van der Waals surface area contributed by atoms with E-state index in [1.165, 1.54) is 6.07 Å². The highest BCUT2D eigenvalue weighted by Gasteiger charge is 2.32. The maximum Gasteiger partial charge on any atom is 0.198 e. The molecule has 0 amide bonds. The zero-order valence-electron chi connectivity index (χ0n) is 12.7. The van der Waals surface area contributed by atoms with Gasteiger partial charge >= 0.3 is 0 Å². The van der Waals surface area contributed by atoms with Crippen LogP contribution in [-0.4, -0.2) is 16.7 Å². The highest BCUT2D eigenvalue weighted by Crippen LogP contribution is 2.38. The fourth-order valence-corrected chi connectivity index (χ4v) is 3.60. The van der Waals surface area contributed by atoms with E-state index in [9.17, 15) is 14.7 Å². The van der Waals surface area contributed by atoms with E-state index in [2.05, 4.69) is 0 Å². The van der Waals surface area contributed by atoms with Gasteiger partial charge in [0.25, 0.3) is 0 Å². The number of hydrogen-bond acceptors (Lipinski definition) is 3. The summed E-state index contributed by atoms with van der Waals surface area (Å²) >= 11 is 12.1. The van der Waals surface area contributed by atoms with Crippen molar-refractivity contribution in [1.29, 1.82) is 0 Å². The lowest BCUT2D eigenvalue weighted by Gasteiger charge is -2.19. The van der Waals surface area contributed by atoms with Gasteiger partial charge in [0.2, 0.25) is 0 Å². The van der Waals surface area contributed by atoms with Crippen LogP contribution in [0, 0.1) is 0 Å². The number of benzene rings is 3. The molecule has 0 heterocycles. The molecule has 25 heavy (non-hydrogen) atoms. The van der Waals surface area contributed by atoms with Crippen LogP contribution in [0.15, 0.2) is 54.6 Å². The van der Waals surface area contributed by atoms with Crippen molar-refractivity contribution in [1.82, 2.24) is 0 Å². The third kappa shape index (κ3) is 2.44. The van der Waals surface area contributed by atoms with Crippen molar-refractivity contribution in [2.24, 2.45) is 0 Å². The Morgan fingerprint density at radius 2 is 1.40 bits per heavy atom. The molecular formula is C20H10Cl2O3. The van der Waals surface area contributed by atoms with Crippen LogP contribution in [0.25, 0.3) is 11.1 Å². The van der Waals surface area contributed by atoms with E-state index in [1.54, 1.807) is 48.5 Å². The molecule has 0 radical (unpaired) electrons. The Labute approximate surface area is 153 Å². The van der Waals surface area contributed by atoms with Gasteiger partial charge in [-0.15, -0.1) is 0 Å². The number of carbonyl (C=O) groups excluding carboxylic acids is 2. The van der Waals surface area contributed by atoms with Gasteiger partial charge in [-0.2, -0.15) is 0 Å². The first kappa shape index (κ1) is 15.9. The molecule has 1 aliphatic carbocycles. The predicted octanol–water partition coefficient (Wildman–Crippen LogP) is 5.14. The van der Waals surface area contributed by atoms with Crippen LogP contribution in [0.5, 0.6) is 5.75 Å². The van der Waals surface area contributed by atoms with Crippen molar-refractivity contribution in [3.63, 3.8) is 0 Å². The Bertz CT molecular complexity index is 1070. The predicted molar refractivity (Wildman–Crippen MR) is 96.9 cm³/mol. The van der Waals surface area contributed by atoms with E-state index in [1.807, 2.05) is 0 Å². The van der Waals surface area contributed by atoms with Gasteiger partial charge < -0.3 is 5.11 Å². The van der Waals surface area contributed by atoms with Gasteiger partial charge in [0.1, 0.15) is 5.75 Å². The maximum atomic E-state index is 12.8. The van der Waals surface area contributed by atoms with E-state index in [-0.39, 0.29) is 28.4 Å². The Balaban J connectivity index is 1.96. The van der Waals surface area contributed by atoms with Crippen LogP contribution in [0.2, 0.25) is 10.0 Å². The lowest BCUT2D eigenvalue weighted by molar-refractivity contribution is 0.0976. The summed E-state index contributed by atoms with van der Waals surface area (Å²) in [5.74, 6) is -0.907. The summed E-state index contributed by atoms with van der Waals surface area (Å²) < 4.78 is 0. The molecule has 1 N–H and O–H groups in total. The molecule has 0 unspecified atom stereocenters. The average Bonchev–Trinajstić information content (AvgIpc) is 2.59. The summed E-state index contributed by atoms with van der Waals surface area (Å²) in [7, 11) is 0. The first-order valence-electron chi connectivity index (χ1n) is 7.48. The third-order valence-electron chi connectivity index (χ3n) is 4.25. The summed E-state index contributed by atoms with van der Waals surface area (Å²) in [6.07, 6.45) is 0. The summed E-state index contributed by atoms with van der Waals surface area (Å²) in [5, 5.41) is 11.3.